The maximum Gasteiger partial charge on any atom is 0.229 e. The van der Waals surface area contributed by atoms with E-state index in [-0.39, 0.29) is 0 Å². The van der Waals surface area contributed by atoms with Crippen molar-refractivity contribution in [3.63, 3.8) is 0 Å². The number of halogens is 1. The summed E-state index contributed by atoms with van der Waals surface area (Å²) in [7, 11) is -3.30. The van der Waals surface area contributed by atoms with Gasteiger partial charge >= 0.3 is 0 Å². The van der Waals surface area contributed by atoms with Crippen LogP contribution in [0.1, 0.15) is 5.56 Å². The molecular formula is C20H18FN3O2S. The van der Waals surface area contributed by atoms with Gasteiger partial charge in [-0.25, -0.2) is 17.8 Å². The van der Waals surface area contributed by atoms with Crippen molar-refractivity contribution in [3.05, 3.63) is 78.9 Å². The lowest BCUT2D eigenvalue weighted by Gasteiger charge is -2.06. The smallest absolute Gasteiger partial charge is 0.229 e. The van der Waals surface area contributed by atoms with Gasteiger partial charge in [-0.2, -0.15) is 0 Å². The average molecular weight is 383 g/mol. The van der Waals surface area contributed by atoms with Crippen molar-refractivity contribution >= 4 is 32.8 Å². The van der Waals surface area contributed by atoms with Crippen molar-refractivity contribution in [2.45, 2.75) is 0 Å². The van der Waals surface area contributed by atoms with E-state index in [1.165, 1.54) is 6.08 Å². The molecule has 5 nitrogen and oxygen atoms in total. The van der Waals surface area contributed by atoms with Crippen molar-refractivity contribution in [1.82, 2.24) is 9.97 Å². The van der Waals surface area contributed by atoms with Gasteiger partial charge in [-0.3, -0.25) is 4.72 Å². The Bertz CT molecular complexity index is 1130. The first-order chi connectivity index (χ1) is 13.0. The average Bonchev–Trinajstić information content (AvgIpc) is 3.03. The van der Waals surface area contributed by atoms with Crippen LogP contribution in [0.3, 0.4) is 0 Å². The van der Waals surface area contributed by atoms with Crippen molar-refractivity contribution in [2.75, 3.05) is 11.0 Å². The first-order valence-electron chi connectivity index (χ1n) is 8.12. The summed E-state index contributed by atoms with van der Waals surface area (Å²) in [5.74, 6) is 0. The lowest BCUT2D eigenvalue weighted by Crippen LogP contribution is -2.09. The highest BCUT2D eigenvalue weighted by Crippen LogP contribution is 2.26. The summed E-state index contributed by atoms with van der Waals surface area (Å²) in [6, 6.07) is 9.11. The fourth-order valence-electron chi connectivity index (χ4n) is 2.59. The molecule has 0 aliphatic carbocycles. The number of aromatic nitrogens is 2. The van der Waals surface area contributed by atoms with Crippen molar-refractivity contribution < 1.29 is 12.8 Å². The van der Waals surface area contributed by atoms with Gasteiger partial charge in [0.15, 0.2) is 0 Å². The van der Waals surface area contributed by atoms with Gasteiger partial charge in [0, 0.05) is 34.6 Å². The molecule has 0 atom stereocenters. The predicted molar refractivity (Wildman–Crippen MR) is 108 cm³/mol. The number of benzene rings is 1. The fourth-order valence-corrected chi connectivity index (χ4v) is 3.16. The highest BCUT2D eigenvalue weighted by Gasteiger charge is 2.06. The van der Waals surface area contributed by atoms with Gasteiger partial charge in [0.2, 0.25) is 10.0 Å². The second-order valence-corrected chi connectivity index (χ2v) is 7.63. The summed E-state index contributed by atoms with van der Waals surface area (Å²) in [6.45, 7) is 0. The number of allylic oxidation sites excluding steroid dienone is 4. The molecule has 0 saturated carbocycles. The van der Waals surface area contributed by atoms with Gasteiger partial charge in [-0.15, -0.1) is 0 Å². The molecule has 0 aliphatic rings. The normalized spacial score (nSPS) is 12.7. The third kappa shape index (κ3) is 4.92. The zero-order chi connectivity index (χ0) is 19.3. The van der Waals surface area contributed by atoms with E-state index in [1.54, 1.807) is 30.5 Å². The molecule has 0 radical (unpaired) electrons. The fraction of sp³-hybridized carbons (Fsp3) is 0.0500. The standard InChI is InChI=1S/C20H18FN3O2S/c1-27(25,26)24-18-9-7-15(8-10-18)17-12-19-16(6-4-2-3-5-11-21)13-22-20(19)23-14-17/h2-14,24H,1H3,(H,22,23)/b3-2-,6-4+,11-5+. The van der Waals surface area contributed by atoms with Crippen molar-refractivity contribution in [3.8, 4) is 11.1 Å². The molecule has 3 aromatic rings. The van der Waals surface area contributed by atoms with E-state index in [4.69, 9.17) is 0 Å². The number of anilines is 1. The summed E-state index contributed by atoms with van der Waals surface area (Å²) in [4.78, 5) is 7.55. The minimum atomic E-state index is -3.30. The SMILES string of the molecule is CS(=O)(=O)Nc1ccc(-c2cnc3[nH]cc(/C=C/C=C\C=C\F)c3c2)cc1. The molecule has 2 aromatic heterocycles. The zero-order valence-corrected chi connectivity index (χ0v) is 15.4. The van der Waals surface area contributed by atoms with Gasteiger partial charge in [-0.1, -0.05) is 36.4 Å². The largest absolute Gasteiger partial charge is 0.346 e. The molecule has 0 fully saturated rings. The molecule has 1 aromatic carbocycles. The number of nitrogens with one attached hydrogen (secondary N) is 2. The lowest BCUT2D eigenvalue weighted by atomic mass is 10.1. The Morgan fingerprint density at radius 1 is 1.07 bits per heavy atom. The molecule has 0 aliphatic heterocycles. The number of fused-ring (bicyclic) bond motifs is 1. The number of aromatic amines is 1. The highest BCUT2D eigenvalue weighted by molar-refractivity contribution is 7.92. The van der Waals surface area contributed by atoms with Gasteiger partial charge < -0.3 is 4.98 Å². The van der Waals surface area contributed by atoms with Gasteiger partial charge in [0.25, 0.3) is 0 Å². The molecule has 27 heavy (non-hydrogen) atoms. The van der Waals surface area contributed by atoms with E-state index in [9.17, 15) is 12.8 Å². The van der Waals surface area contributed by atoms with Crippen LogP contribution in [-0.2, 0) is 10.0 Å². The van der Waals surface area contributed by atoms with Crippen LogP contribution in [0.25, 0.3) is 28.2 Å². The van der Waals surface area contributed by atoms with Gasteiger partial charge in [-0.05, 0) is 29.8 Å². The molecule has 138 valence electrons. The monoisotopic (exact) mass is 383 g/mol. The van der Waals surface area contributed by atoms with Crippen LogP contribution in [-0.4, -0.2) is 24.6 Å². The number of sulfonamides is 1. The van der Waals surface area contributed by atoms with Crippen LogP contribution >= 0.6 is 0 Å². The minimum absolute atomic E-state index is 0.475. The minimum Gasteiger partial charge on any atom is -0.346 e. The van der Waals surface area contributed by atoms with E-state index < -0.39 is 10.0 Å². The molecule has 0 spiro atoms. The maximum absolute atomic E-state index is 11.9. The Morgan fingerprint density at radius 3 is 2.52 bits per heavy atom. The van der Waals surface area contributed by atoms with Crippen LogP contribution in [0, 0.1) is 0 Å². The van der Waals surface area contributed by atoms with Crippen LogP contribution in [0.4, 0.5) is 10.1 Å². The molecule has 2 N–H and O–H groups in total. The summed E-state index contributed by atoms with van der Waals surface area (Å²) < 4.78 is 36.9. The van der Waals surface area contributed by atoms with Crippen molar-refractivity contribution in [2.24, 2.45) is 0 Å². The topological polar surface area (TPSA) is 74.8 Å². The number of H-pyrrole nitrogens is 1. The number of hydrogen-bond acceptors (Lipinski definition) is 3. The van der Waals surface area contributed by atoms with Crippen LogP contribution < -0.4 is 4.72 Å². The van der Waals surface area contributed by atoms with E-state index >= 15 is 0 Å². The second kappa shape index (κ2) is 8.01. The van der Waals surface area contributed by atoms with E-state index in [0.29, 0.717) is 12.0 Å². The Morgan fingerprint density at radius 2 is 1.81 bits per heavy atom. The van der Waals surface area contributed by atoms with Crippen LogP contribution in [0.2, 0.25) is 0 Å². The summed E-state index contributed by atoms with van der Waals surface area (Å²) in [6.07, 6.45) is 13.6. The highest BCUT2D eigenvalue weighted by atomic mass is 32.2. The number of pyridine rings is 1. The van der Waals surface area contributed by atoms with Gasteiger partial charge in [0.05, 0.1) is 12.6 Å². The summed E-state index contributed by atoms with van der Waals surface area (Å²) >= 11 is 0. The summed E-state index contributed by atoms with van der Waals surface area (Å²) in [5.41, 5.74) is 4.07. The number of hydrogen-bond donors (Lipinski definition) is 2. The molecule has 7 heteroatoms. The Hall–Kier alpha value is -3.19. The predicted octanol–water partition coefficient (Wildman–Crippen LogP) is 4.65. The molecule has 2 heterocycles. The molecule has 0 unspecified atom stereocenters. The van der Waals surface area contributed by atoms with E-state index in [1.807, 2.05) is 36.5 Å². The van der Waals surface area contributed by atoms with Gasteiger partial charge in [0.1, 0.15) is 5.65 Å². The first-order valence-corrected chi connectivity index (χ1v) is 10.0. The molecule has 0 saturated heterocycles. The quantitative estimate of drug-likeness (QED) is 0.608. The van der Waals surface area contributed by atoms with Crippen LogP contribution in [0.5, 0.6) is 0 Å². The summed E-state index contributed by atoms with van der Waals surface area (Å²) in [5, 5.41) is 0.955. The van der Waals surface area contributed by atoms with Crippen LogP contribution in [0.15, 0.2) is 73.4 Å². The lowest BCUT2D eigenvalue weighted by molar-refractivity contribution is 0.607. The Balaban J connectivity index is 1.88. The Kier molecular flexibility index (Phi) is 5.52. The third-order valence-corrected chi connectivity index (χ3v) is 4.37. The maximum atomic E-state index is 11.9. The second-order valence-electron chi connectivity index (χ2n) is 5.88. The number of rotatable bonds is 6. The first kappa shape index (κ1) is 18.6. The molecular weight excluding hydrogens is 365 g/mol. The van der Waals surface area contributed by atoms with Crippen molar-refractivity contribution in [1.29, 1.82) is 0 Å². The Labute approximate surface area is 157 Å². The third-order valence-electron chi connectivity index (χ3n) is 3.77. The molecule has 0 amide bonds. The molecule has 0 bridgehead atoms. The van der Waals surface area contributed by atoms with E-state index in [2.05, 4.69) is 14.7 Å². The molecule has 3 rings (SSSR count). The van der Waals surface area contributed by atoms with E-state index in [0.717, 1.165) is 34.0 Å². The number of nitrogens with zero attached hydrogens (tertiary/aromatic N) is 1. The zero-order valence-electron chi connectivity index (χ0n) is 14.6.